The van der Waals surface area contributed by atoms with E-state index < -0.39 is 0 Å². The monoisotopic (exact) mass is 370 g/mol. The molecule has 0 aliphatic carbocycles. The Hall–Kier alpha value is -2.44. The van der Waals surface area contributed by atoms with E-state index in [9.17, 15) is 4.79 Å². The van der Waals surface area contributed by atoms with Crippen molar-refractivity contribution >= 4 is 11.9 Å². The average Bonchev–Trinajstić information content (AvgIpc) is 2.94. The topological polar surface area (TPSA) is 67.2 Å². The van der Waals surface area contributed by atoms with Crippen LogP contribution >= 0.6 is 0 Å². The number of piperidine rings is 1. The van der Waals surface area contributed by atoms with Gasteiger partial charge in [0.2, 0.25) is 11.9 Å². The van der Waals surface area contributed by atoms with Gasteiger partial charge in [0, 0.05) is 50.7 Å². The quantitative estimate of drug-likeness (QED) is 0.809. The molecule has 1 fully saturated rings. The number of aromatic nitrogens is 4. The summed E-state index contributed by atoms with van der Waals surface area (Å²) in [5.41, 5.74) is 4.01. The van der Waals surface area contributed by atoms with Crippen LogP contribution in [-0.4, -0.2) is 56.7 Å². The maximum Gasteiger partial charge on any atom is 0.227 e. The molecule has 0 spiro atoms. The molecule has 0 saturated carbocycles. The van der Waals surface area contributed by atoms with Crippen LogP contribution in [0, 0.1) is 19.8 Å². The summed E-state index contributed by atoms with van der Waals surface area (Å²) in [7, 11) is 1.95. The summed E-state index contributed by atoms with van der Waals surface area (Å²) in [6.45, 7) is 11.2. The van der Waals surface area contributed by atoms with Crippen LogP contribution in [0.2, 0.25) is 0 Å². The Morgan fingerprint density at radius 2 is 2.04 bits per heavy atom. The highest BCUT2D eigenvalue weighted by molar-refractivity contribution is 5.79. The van der Waals surface area contributed by atoms with E-state index in [1.54, 1.807) is 6.20 Å². The molecule has 1 saturated heterocycles. The molecule has 27 heavy (non-hydrogen) atoms. The molecule has 2 aromatic rings. The third-order valence-corrected chi connectivity index (χ3v) is 5.54. The van der Waals surface area contributed by atoms with Gasteiger partial charge in [-0.1, -0.05) is 0 Å². The molecule has 0 bridgehead atoms. The lowest BCUT2D eigenvalue weighted by Gasteiger charge is -2.34. The molecular weight excluding hydrogens is 340 g/mol. The molecule has 2 aromatic heterocycles. The molecule has 0 radical (unpaired) electrons. The van der Waals surface area contributed by atoms with Crippen LogP contribution in [0.5, 0.6) is 0 Å². The molecule has 1 aliphatic rings. The average molecular weight is 371 g/mol. The van der Waals surface area contributed by atoms with Crippen molar-refractivity contribution in [1.29, 1.82) is 0 Å². The van der Waals surface area contributed by atoms with Crippen molar-refractivity contribution in [3.63, 3.8) is 0 Å². The lowest BCUT2D eigenvalue weighted by Crippen LogP contribution is -2.45. The van der Waals surface area contributed by atoms with Crippen LogP contribution < -0.4 is 4.90 Å². The van der Waals surface area contributed by atoms with Gasteiger partial charge in [0.1, 0.15) is 0 Å². The molecule has 1 unspecified atom stereocenters. The Balaban J connectivity index is 1.83. The van der Waals surface area contributed by atoms with Crippen LogP contribution in [0.4, 0.5) is 5.95 Å². The Labute approximate surface area is 161 Å². The predicted molar refractivity (Wildman–Crippen MR) is 107 cm³/mol. The standard InChI is InChI=1S/C20H30N6O/c1-6-25(7-2)19(27)16-9-8-12-26(13-16)20-21-11-10-17(22-20)18-14(3)23-24(5)15(18)4/h10-11,16H,6-9,12-13H2,1-5H3. The predicted octanol–water partition coefficient (Wildman–Crippen LogP) is 2.58. The summed E-state index contributed by atoms with van der Waals surface area (Å²) < 4.78 is 1.88. The molecular formula is C20H30N6O. The zero-order valence-corrected chi connectivity index (χ0v) is 17.1. The van der Waals surface area contributed by atoms with E-state index in [4.69, 9.17) is 4.98 Å². The van der Waals surface area contributed by atoms with Gasteiger partial charge in [-0.2, -0.15) is 5.10 Å². The number of carbonyl (C=O) groups excluding carboxylic acids is 1. The summed E-state index contributed by atoms with van der Waals surface area (Å²) in [6, 6.07) is 1.93. The smallest absolute Gasteiger partial charge is 0.227 e. The van der Waals surface area contributed by atoms with Crippen LogP contribution in [-0.2, 0) is 11.8 Å². The SMILES string of the molecule is CCN(CC)C(=O)C1CCCN(c2nccc(-c3c(C)nn(C)c3C)n2)C1. The molecule has 1 aliphatic heterocycles. The Morgan fingerprint density at radius 3 is 2.67 bits per heavy atom. The molecule has 3 rings (SSSR count). The van der Waals surface area contributed by atoms with Crippen LogP contribution in [0.15, 0.2) is 12.3 Å². The van der Waals surface area contributed by atoms with Gasteiger partial charge in [0.15, 0.2) is 0 Å². The highest BCUT2D eigenvalue weighted by Gasteiger charge is 2.29. The second kappa shape index (κ2) is 8.06. The second-order valence-electron chi connectivity index (χ2n) is 7.21. The van der Waals surface area contributed by atoms with Crippen molar-refractivity contribution in [3.8, 4) is 11.3 Å². The third kappa shape index (κ3) is 3.82. The minimum absolute atomic E-state index is 0.0211. The van der Waals surface area contributed by atoms with Crippen LogP contribution in [0.25, 0.3) is 11.3 Å². The van der Waals surface area contributed by atoms with Crippen molar-refractivity contribution in [2.24, 2.45) is 13.0 Å². The summed E-state index contributed by atoms with van der Waals surface area (Å²) in [5, 5.41) is 4.50. The first kappa shape index (κ1) is 19.3. The van der Waals surface area contributed by atoms with E-state index in [0.717, 1.165) is 55.1 Å². The molecule has 7 heteroatoms. The third-order valence-electron chi connectivity index (χ3n) is 5.54. The van der Waals surface area contributed by atoms with Gasteiger partial charge in [-0.3, -0.25) is 9.48 Å². The number of anilines is 1. The maximum absolute atomic E-state index is 12.8. The van der Waals surface area contributed by atoms with E-state index >= 15 is 0 Å². The molecule has 0 N–H and O–H groups in total. The summed E-state index contributed by atoms with van der Waals surface area (Å²) in [6.07, 6.45) is 3.72. The Bertz CT molecular complexity index is 811. The fourth-order valence-corrected chi connectivity index (χ4v) is 3.94. The molecule has 7 nitrogen and oxygen atoms in total. The maximum atomic E-state index is 12.8. The van der Waals surface area contributed by atoms with Gasteiger partial charge in [-0.25, -0.2) is 9.97 Å². The molecule has 1 atom stereocenters. The summed E-state index contributed by atoms with van der Waals surface area (Å²) in [5.74, 6) is 0.972. The first-order chi connectivity index (χ1) is 13.0. The number of nitrogens with zero attached hydrogens (tertiary/aromatic N) is 6. The lowest BCUT2D eigenvalue weighted by molar-refractivity contribution is -0.135. The van der Waals surface area contributed by atoms with E-state index in [0.29, 0.717) is 12.5 Å². The largest absolute Gasteiger partial charge is 0.343 e. The van der Waals surface area contributed by atoms with Gasteiger partial charge in [-0.15, -0.1) is 0 Å². The summed E-state index contributed by atoms with van der Waals surface area (Å²) >= 11 is 0. The highest BCUT2D eigenvalue weighted by atomic mass is 16.2. The fourth-order valence-electron chi connectivity index (χ4n) is 3.94. The van der Waals surface area contributed by atoms with Gasteiger partial charge in [-0.05, 0) is 46.6 Å². The minimum atomic E-state index is 0.0211. The van der Waals surface area contributed by atoms with E-state index in [2.05, 4.69) is 21.9 Å². The van der Waals surface area contributed by atoms with E-state index in [1.807, 2.05) is 43.5 Å². The molecule has 3 heterocycles. The molecule has 0 aromatic carbocycles. The minimum Gasteiger partial charge on any atom is -0.343 e. The highest BCUT2D eigenvalue weighted by Crippen LogP contribution is 2.27. The zero-order chi connectivity index (χ0) is 19.6. The van der Waals surface area contributed by atoms with Gasteiger partial charge in [0.05, 0.1) is 17.3 Å². The van der Waals surface area contributed by atoms with Crippen molar-refractivity contribution in [1.82, 2.24) is 24.6 Å². The number of amides is 1. The number of hydrogen-bond donors (Lipinski definition) is 0. The van der Waals surface area contributed by atoms with E-state index in [1.165, 1.54) is 0 Å². The number of hydrogen-bond acceptors (Lipinski definition) is 5. The number of rotatable bonds is 5. The van der Waals surface area contributed by atoms with Gasteiger partial charge in [0.25, 0.3) is 0 Å². The molecule has 1 amide bonds. The van der Waals surface area contributed by atoms with Crippen molar-refractivity contribution in [2.75, 3.05) is 31.1 Å². The lowest BCUT2D eigenvalue weighted by atomic mass is 9.96. The Kier molecular flexibility index (Phi) is 5.77. The zero-order valence-electron chi connectivity index (χ0n) is 17.1. The van der Waals surface area contributed by atoms with Crippen molar-refractivity contribution < 1.29 is 4.79 Å². The van der Waals surface area contributed by atoms with Crippen molar-refractivity contribution in [3.05, 3.63) is 23.7 Å². The number of carbonyl (C=O) groups is 1. The van der Waals surface area contributed by atoms with E-state index in [-0.39, 0.29) is 11.8 Å². The van der Waals surface area contributed by atoms with Gasteiger partial charge < -0.3 is 9.80 Å². The summed E-state index contributed by atoms with van der Waals surface area (Å²) in [4.78, 5) is 26.2. The van der Waals surface area contributed by atoms with Crippen molar-refractivity contribution in [2.45, 2.75) is 40.5 Å². The second-order valence-corrected chi connectivity index (χ2v) is 7.21. The number of aryl methyl sites for hydroxylation is 2. The first-order valence-electron chi connectivity index (χ1n) is 9.83. The molecule has 146 valence electrons. The fraction of sp³-hybridized carbons (Fsp3) is 0.600. The van der Waals surface area contributed by atoms with Gasteiger partial charge >= 0.3 is 0 Å². The normalized spacial score (nSPS) is 17.2. The first-order valence-corrected chi connectivity index (χ1v) is 9.83. The Morgan fingerprint density at radius 1 is 1.30 bits per heavy atom. The van der Waals surface area contributed by atoms with Crippen LogP contribution in [0.3, 0.4) is 0 Å². The van der Waals surface area contributed by atoms with Crippen LogP contribution in [0.1, 0.15) is 38.1 Å².